The number of hydrogen-bond donors (Lipinski definition) is 3. The molecular formula is C27H23Cl2N3O5S2. The number of rotatable bonds is 8. The fourth-order valence-electron chi connectivity index (χ4n) is 3.45. The van der Waals surface area contributed by atoms with Gasteiger partial charge in [-0.15, -0.1) is 0 Å². The van der Waals surface area contributed by atoms with Crippen LogP contribution in [0.5, 0.6) is 0 Å². The van der Waals surface area contributed by atoms with Gasteiger partial charge in [0.05, 0.1) is 26.2 Å². The van der Waals surface area contributed by atoms with Crippen molar-refractivity contribution in [1.29, 1.82) is 0 Å². The van der Waals surface area contributed by atoms with Crippen molar-refractivity contribution in [1.82, 2.24) is 0 Å². The first-order chi connectivity index (χ1) is 18.3. The highest BCUT2D eigenvalue weighted by molar-refractivity contribution is 7.93. The Labute approximate surface area is 237 Å². The molecule has 39 heavy (non-hydrogen) atoms. The Morgan fingerprint density at radius 2 is 1.21 bits per heavy atom. The van der Waals surface area contributed by atoms with Crippen LogP contribution >= 0.6 is 23.2 Å². The van der Waals surface area contributed by atoms with Gasteiger partial charge in [0.25, 0.3) is 26.0 Å². The smallest absolute Gasteiger partial charge is 0.261 e. The fourth-order valence-corrected chi connectivity index (χ4v) is 6.04. The van der Waals surface area contributed by atoms with Crippen molar-refractivity contribution in [3.05, 3.63) is 112 Å². The normalized spacial score (nSPS) is 11.6. The first kappa shape index (κ1) is 28.4. The number of amides is 1. The number of carbonyl (C=O) groups excluding carboxylic acids is 1. The number of anilines is 3. The van der Waals surface area contributed by atoms with Crippen LogP contribution in [-0.2, 0) is 20.0 Å². The summed E-state index contributed by atoms with van der Waals surface area (Å²) < 4.78 is 55.6. The third-order valence-electron chi connectivity index (χ3n) is 5.65. The Balaban J connectivity index is 1.43. The summed E-state index contributed by atoms with van der Waals surface area (Å²) in [5, 5.41) is 3.12. The summed E-state index contributed by atoms with van der Waals surface area (Å²) in [5.41, 5.74) is 2.70. The molecule has 4 aromatic rings. The largest absolute Gasteiger partial charge is 0.322 e. The van der Waals surface area contributed by atoms with E-state index in [1.165, 1.54) is 60.7 Å². The van der Waals surface area contributed by atoms with E-state index in [2.05, 4.69) is 14.8 Å². The van der Waals surface area contributed by atoms with E-state index in [4.69, 9.17) is 23.2 Å². The molecule has 0 bridgehead atoms. The quantitative estimate of drug-likeness (QED) is 0.213. The zero-order chi connectivity index (χ0) is 28.4. The van der Waals surface area contributed by atoms with Gasteiger partial charge in [0.15, 0.2) is 0 Å². The molecule has 12 heteroatoms. The van der Waals surface area contributed by atoms with Crippen LogP contribution in [-0.4, -0.2) is 22.7 Å². The van der Waals surface area contributed by atoms with Crippen LogP contribution in [0.25, 0.3) is 0 Å². The van der Waals surface area contributed by atoms with Gasteiger partial charge < -0.3 is 5.32 Å². The minimum absolute atomic E-state index is 0.00884. The molecule has 0 unspecified atom stereocenters. The van der Waals surface area contributed by atoms with E-state index in [1.807, 2.05) is 13.8 Å². The first-order valence-corrected chi connectivity index (χ1v) is 15.2. The molecule has 3 N–H and O–H groups in total. The summed E-state index contributed by atoms with van der Waals surface area (Å²) in [6.07, 6.45) is 0. The van der Waals surface area contributed by atoms with Crippen LogP contribution in [0.4, 0.5) is 17.1 Å². The Hall–Kier alpha value is -3.57. The molecule has 0 saturated carbocycles. The van der Waals surface area contributed by atoms with Crippen molar-refractivity contribution in [3.63, 3.8) is 0 Å². The van der Waals surface area contributed by atoms with Crippen LogP contribution in [0.1, 0.15) is 21.5 Å². The maximum atomic E-state index is 12.7. The molecule has 4 aromatic carbocycles. The molecule has 0 atom stereocenters. The zero-order valence-corrected chi connectivity index (χ0v) is 23.8. The van der Waals surface area contributed by atoms with E-state index in [-0.39, 0.29) is 26.1 Å². The monoisotopic (exact) mass is 603 g/mol. The van der Waals surface area contributed by atoms with E-state index >= 15 is 0 Å². The summed E-state index contributed by atoms with van der Waals surface area (Å²) in [4.78, 5) is 12.8. The fraction of sp³-hybridized carbons (Fsp3) is 0.0741. The van der Waals surface area contributed by atoms with Gasteiger partial charge in [-0.1, -0.05) is 47.0 Å². The highest BCUT2D eigenvalue weighted by Gasteiger charge is 2.18. The molecule has 202 valence electrons. The van der Waals surface area contributed by atoms with Gasteiger partial charge in [0.2, 0.25) is 0 Å². The van der Waals surface area contributed by atoms with Gasteiger partial charge in [-0.2, -0.15) is 0 Å². The number of carbonyl (C=O) groups is 1. The zero-order valence-electron chi connectivity index (χ0n) is 20.7. The molecule has 8 nitrogen and oxygen atoms in total. The van der Waals surface area contributed by atoms with Crippen LogP contribution in [0, 0.1) is 13.8 Å². The lowest BCUT2D eigenvalue weighted by Gasteiger charge is -2.12. The van der Waals surface area contributed by atoms with Gasteiger partial charge in [-0.3, -0.25) is 14.2 Å². The van der Waals surface area contributed by atoms with E-state index in [0.717, 1.165) is 11.1 Å². The topological polar surface area (TPSA) is 121 Å². The van der Waals surface area contributed by atoms with Crippen molar-refractivity contribution >= 4 is 66.2 Å². The minimum atomic E-state index is -3.88. The predicted octanol–water partition coefficient (Wildman–Crippen LogP) is 6.46. The maximum Gasteiger partial charge on any atom is 0.261 e. The molecule has 0 radical (unpaired) electrons. The molecule has 0 saturated heterocycles. The standard InChI is InChI=1S/C27H23Cl2N3O5S2/c1-17-3-10-22(11-4-17)39(36,37)32-26-14-6-19(15-25(26)29)27(33)30-20-8-12-23(13-9-20)38(34,35)31-21-7-5-18(2)24(28)16-21/h3-16,31-32H,1-2H3,(H,30,33). The Morgan fingerprint density at radius 1 is 0.641 bits per heavy atom. The third kappa shape index (κ3) is 6.90. The van der Waals surface area contributed by atoms with Crippen molar-refractivity contribution < 1.29 is 21.6 Å². The summed E-state index contributed by atoms with van der Waals surface area (Å²) in [6, 6.07) is 20.9. The van der Waals surface area contributed by atoms with Gasteiger partial charge >= 0.3 is 0 Å². The lowest BCUT2D eigenvalue weighted by molar-refractivity contribution is 0.102. The van der Waals surface area contributed by atoms with E-state index in [9.17, 15) is 21.6 Å². The van der Waals surface area contributed by atoms with Gasteiger partial charge in [-0.25, -0.2) is 16.8 Å². The molecule has 0 spiro atoms. The van der Waals surface area contributed by atoms with Gasteiger partial charge in [0, 0.05) is 16.3 Å². The summed E-state index contributed by atoms with van der Waals surface area (Å²) in [6.45, 7) is 3.66. The summed E-state index contributed by atoms with van der Waals surface area (Å²) >= 11 is 12.3. The first-order valence-electron chi connectivity index (χ1n) is 11.4. The van der Waals surface area contributed by atoms with Crippen LogP contribution in [0.15, 0.2) is 94.7 Å². The van der Waals surface area contributed by atoms with E-state index in [1.54, 1.807) is 24.3 Å². The molecule has 0 aliphatic rings. The Kier molecular flexibility index (Phi) is 8.22. The van der Waals surface area contributed by atoms with E-state index in [0.29, 0.717) is 16.4 Å². The van der Waals surface area contributed by atoms with Crippen LogP contribution in [0.2, 0.25) is 10.0 Å². The highest BCUT2D eigenvalue weighted by Crippen LogP contribution is 2.27. The second kappa shape index (κ2) is 11.3. The lowest BCUT2D eigenvalue weighted by atomic mass is 10.2. The van der Waals surface area contributed by atoms with Crippen LogP contribution in [0.3, 0.4) is 0 Å². The van der Waals surface area contributed by atoms with Crippen molar-refractivity contribution in [2.75, 3.05) is 14.8 Å². The van der Waals surface area contributed by atoms with Crippen molar-refractivity contribution in [2.45, 2.75) is 23.6 Å². The second-order valence-electron chi connectivity index (χ2n) is 8.66. The number of nitrogens with one attached hydrogen (secondary N) is 3. The number of hydrogen-bond acceptors (Lipinski definition) is 5. The van der Waals surface area contributed by atoms with Gasteiger partial charge in [0.1, 0.15) is 0 Å². The molecular weight excluding hydrogens is 581 g/mol. The van der Waals surface area contributed by atoms with E-state index < -0.39 is 26.0 Å². The summed E-state index contributed by atoms with van der Waals surface area (Å²) in [5.74, 6) is -0.520. The Bertz CT molecular complexity index is 1760. The number of sulfonamides is 2. The Morgan fingerprint density at radius 3 is 1.79 bits per heavy atom. The number of benzene rings is 4. The third-order valence-corrected chi connectivity index (χ3v) is 9.15. The number of halogens is 2. The maximum absolute atomic E-state index is 12.7. The molecule has 4 rings (SSSR count). The SMILES string of the molecule is Cc1ccc(S(=O)(=O)Nc2ccc(C(=O)Nc3ccc(S(=O)(=O)Nc4ccc(C)c(Cl)c4)cc3)cc2Cl)cc1. The van der Waals surface area contributed by atoms with Gasteiger partial charge in [-0.05, 0) is 86.1 Å². The molecule has 0 aliphatic heterocycles. The molecule has 0 heterocycles. The average molecular weight is 605 g/mol. The summed E-state index contributed by atoms with van der Waals surface area (Å²) in [7, 11) is -7.75. The molecule has 0 aromatic heterocycles. The van der Waals surface area contributed by atoms with Crippen LogP contribution < -0.4 is 14.8 Å². The van der Waals surface area contributed by atoms with Crippen molar-refractivity contribution in [2.24, 2.45) is 0 Å². The molecule has 0 aliphatic carbocycles. The van der Waals surface area contributed by atoms with Crippen molar-refractivity contribution in [3.8, 4) is 0 Å². The minimum Gasteiger partial charge on any atom is -0.322 e. The molecule has 0 fully saturated rings. The predicted molar refractivity (Wildman–Crippen MR) is 155 cm³/mol. The lowest BCUT2D eigenvalue weighted by Crippen LogP contribution is -2.15. The average Bonchev–Trinajstić information content (AvgIpc) is 2.88. The number of aryl methyl sites for hydroxylation is 2. The molecule has 1 amide bonds. The highest BCUT2D eigenvalue weighted by atomic mass is 35.5. The second-order valence-corrected chi connectivity index (χ2v) is 12.8.